The number of halogens is 2. The van der Waals surface area contributed by atoms with Gasteiger partial charge in [0.05, 0.1) is 16.4 Å². The standard InChI is InChI=1S/C19H13BrClNO2S/c1-12(23)13-3-2-4-15(9-13)22-11-16-10-18(20)19(24-16)25-17-7-5-14(21)6-8-17/h2-11H,1H3. The number of furan rings is 1. The van der Waals surface area contributed by atoms with Crippen LogP contribution >= 0.6 is 39.3 Å². The minimum Gasteiger partial charge on any atom is -0.447 e. The Kier molecular flexibility index (Phi) is 5.78. The molecule has 6 heteroatoms. The summed E-state index contributed by atoms with van der Waals surface area (Å²) in [4.78, 5) is 16.8. The van der Waals surface area contributed by atoms with Crippen molar-refractivity contribution < 1.29 is 9.21 Å². The van der Waals surface area contributed by atoms with E-state index in [4.69, 9.17) is 16.0 Å². The Morgan fingerprint density at radius 2 is 1.96 bits per heavy atom. The van der Waals surface area contributed by atoms with Crippen LogP contribution in [0.15, 0.2) is 78.5 Å². The Labute approximate surface area is 163 Å². The van der Waals surface area contributed by atoms with Crippen molar-refractivity contribution in [3.05, 3.63) is 75.4 Å². The van der Waals surface area contributed by atoms with Crippen molar-refractivity contribution in [2.75, 3.05) is 0 Å². The summed E-state index contributed by atoms with van der Waals surface area (Å²) in [7, 11) is 0. The third-order valence-electron chi connectivity index (χ3n) is 3.29. The highest BCUT2D eigenvalue weighted by atomic mass is 79.9. The maximum absolute atomic E-state index is 11.4. The molecule has 1 aromatic heterocycles. The molecule has 0 aliphatic heterocycles. The first-order valence-electron chi connectivity index (χ1n) is 7.39. The molecule has 0 saturated carbocycles. The van der Waals surface area contributed by atoms with Gasteiger partial charge in [-0.05, 0) is 59.3 Å². The van der Waals surface area contributed by atoms with E-state index in [1.165, 1.54) is 18.7 Å². The molecule has 0 radical (unpaired) electrons. The normalized spacial score (nSPS) is 11.2. The number of nitrogens with zero attached hydrogens (tertiary/aromatic N) is 1. The van der Waals surface area contributed by atoms with Crippen LogP contribution in [0.25, 0.3) is 0 Å². The summed E-state index contributed by atoms with van der Waals surface area (Å²) in [6.45, 7) is 1.53. The van der Waals surface area contributed by atoms with Gasteiger partial charge in [0.25, 0.3) is 0 Å². The van der Waals surface area contributed by atoms with Crippen molar-refractivity contribution in [1.82, 2.24) is 0 Å². The van der Waals surface area contributed by atoms with E-state index in [1.807, 2.05) is 42.5 Å². The lowest BCUT2D eigenvalue weighted by Gasteiger charge is -1.99. The van der Waals surface area contributed by atoms with Crippen LogP contribution in [-0.2, 0) is 0 Å². The lowest BCUT2D eigenvalue weighted by molar-refractivity contribution is 0.101. The summed E-state index contributed by atoms with van der Waals surface area (Å²) in [5.74, 6) is 0.635. The van der Waals surface area contributed by atoms with Crippen LogP contribution in [-0.4, -0.2) is 12.0 Å². The van der Waals surface area contributed by atoms with Crippen molar-refractivity contribution >= 4 is 57.0 Å². The van der Waals surface area contributed by atoms with Gasteiger partial charge in [-0.1, -0.05) is 35.5 Å². The molecule has 0 bridgehead atoms. The molecular formula is C19H13BrClNO2S. The lowest BCUT2D eigenvalue weighted by atomic mass is 10.1. The first-order valence-corrected chi connectivity index (χ1v) is 9.38. The SMILES string of the molecule is CC(=O)c1cccc(N=Cc2cc(Br)c(Sc3ccc(Cl)cc3)o2)c1. The average Bonchev–Trinajstić information content (AvgIpc) is 2.95. The van der Waals surface area contributed by atoms with Crippen molar-refractivity contribution in [3.8, 4) is 0 Å². The molecule has 0 N–H and O–H groups in total. The fourth-order valence-electron chi connectivity index (χ4n) is 2.06. The number of rotatable bonds is 5. The molecule has 0 saturated heterocycles. The van der Waals surface area contributed by atoms with Gasteiger partial charge in [-0.2, -0.15) is 0 Å². The number of carbonyl (C=O) groups is 1. The molecule has 0 aliphatic carbocycles. The Balaban J connectivity index is 1.77. The highest BCUT2D eigenvalue weighted by Crippen LogP contribution is 2.36. The quantitative estimate of drug-likeness (QED) is 0.327. The first-order chi connectivity index (χ1) is 12.0. The van der Waals surface area contributed by atoms with Crippen LogP contribution in [0.1, 0.15) is 23.0 Å². The van der Waals surface area contributed by atoms with Crippen LogP contribution in [0.2, 0.25) is 5.02 Å². The minimum absolute atomic E-state index is 0.0134. The van der Waals surface area contributed by atoms with Gasteiger partial charge in [-0.3, -0.25) is 9.79 Å². The van der Waals surface area contributed by atoms with Gasteiger partial charge in [0, 0.05) is 21.5 Å². The summed E-state index contributed by atoms with van der Waals surface area (Å²) < 4.78 is 6.67. The second-order valence-electron chi connectivity index (χ2n) is 5.20. The van der Waals surface area contributed by atoms with Crippen molar-refractivity contribution in [2.45, 2.75) is 16.9 Å². The molecular weight excluding hydrogens is 422 g/mol. The van der Waals surface area contributed by atoms with Gasteiger partial charge in [-0.15, -0.1) is 0 Å². The Bertz CT molecular complexity index is 935. The second-order valence-corrected chi connectivity index (χ2v) is 7.54. The van der Waals surface area contributed by atoms with E-state index in [-0.39, 0.29) is 5.78 Å². The summed E-state index contributed by atoms with van der Waals surface area (Å²) >= 11 is 10.9. The van der Waals surface area contributed by atoms with Crippen molar-refractivity contribution in [1.29, 1.82) is 0 Å². The number of Topliss-reactive ketones (excluding diaryl/α,β-unsaturated/α-hetero) is 1. The van der Waals surface area contributed by atoms with Gasteiger partial charge < -0.3 is 4.42 Å². The molecule has 3 rings (SSSR count). The van der Waals surface area contributed by atoms with Gasteiger partial charge in [-0.25, -0.2) is 0 Å². The predicted molar refractivity (Wildman–Crippen MR) is 106 cm³/mol. The van der Waals surface area contributed by atoms with Crippen LogP contribution in [0.4, 0.5) is 5.69 Å². The van der Waals surface area contributed by atoms with Gasteiger partial charge >= 0.3 is 0 Å². The third kappa shape index (κ3) is 4.84. The zero-order valence-corrected chi connectivity index (χ0v) is 16.4. The number of hydrogen-bond donors (Lipinski definition) is 0. The Morgan fingerprint density at radius 1 is 1.20 bits per heavy atom. The molecule has 0 unspecified atom stereocenters. The van der Waals surface area contributed by atoms with E-state index in [1.54, 1.807) is 18.3 Å². The van der Waals surface area contributed by atoms with Crippen LogP contribution in [0.5, 0.6) is 0 Å². The van der Waals surface area contributed by atoms with Gasteiger partial charge in [0.15, 0.2) is 10.9 Å². The number of benzene rings is 2. The smallest absolute Gasteiger partial charge is 0.179 e. The molecule has 25 heavy (non-hydrogen) atoms. The number of carbonyl (C=O) groups excluding carboxylic acids is 1. The molecule has 0 spiro atoms. The van der Waals surface area contributed by atoms with E-state index in [0.717, 1.165) is 14.5 Å². The monoisotopic (exact) mass is 433 g/mol. The zero-order valence-electron chi connectivity index (χ0n) is 13.2. The molecule has 126 valence electrons. The molecule has 0 atom stereocenters. The number of hydrogen-bond acceptors (Lipinski definition) is 4. The Hall–Kier alpha value is -1.82. The fraction of sp³-hybridized carbons (Fsp3) is 0.0526. The van der Waals surface area contributed by atoms with E-state index in [9.17, 15) is 4.79 Å². The van der Waals surface area contributed by atoms with E-state index >= 15 is 0 Å². The zero-order chi connectivity index (χ0) is 17.8. The molecule has 2 aromatic carbocycles. The molecule has 3 aromatic rings. The van der Waals surface area contributed by atoms with E-state index in [0.29, 0.717) is 22.0 Å². The fourth-order valence-corrected chi connectivity index (χ4v) is 3.51. The highest BCUT2D eigenvalue weighted by Gasteiger charge is 2.10. The first kappa shape index (κ1) is 18.0. The molecule has 0 aliphatic rings. The molecule has 1 heterocycles. The number of aliphatic imine (C=N–C) groups is 1. The predicted octanol–water partition coefficient (Wildman–Crippen LogP) is 6.80. The third-order valence-corrected chi connectivity index (χ3v) is 5.39. The van der Waals surface area contributed by atoms with Gasteiger partial charge in [0.2, 0.25) is 0 Å². The largest absolute Gasteiger partial charge is 0.447 e. The molecule has 0 amide bonds. The topological polar surface area (TPSA) is 42.6 Å². The van der Waals surface area contributed by atoms with E-state index in [2.05, 4.69) is 20.9 Å². The van der Waals surface area contributed by atoms with Crippen LogP contribution in [0.3, 0.4) is 0 Å². The summed E-state index contributed by atoms with van der Waals surface area (Å²) in [5.41, 5.74) is 1.33. The summed E-state index contributed by atoms with van der Waals surface area (Å²) in [6, 6.07) is 16.6. The van der Waals surface area contributed by atoms with Crippen LogP contribution < -0.4 is 0 Å². The minimum atomic E-state index is 0.0134. The highest BCUT2D eigenvalue weighted by molar-refractivity contribution is 9.10. The van der Waals surface area contributed by atoms with Crippen LogP contribution in [0, 0.1) is 0 Å². The lowest BCUT2D eigenvalue weighted by Crippen LogP contribution is -1.89. The van der Waals surface area contributed by atoms with Crippen molar-refractivity contribution in [2.24, 2.45) is 4.99 Å². The van der Waals surface area contributed by atoms with Gasteiger partial charge in [0.1, 0.15) is 5.76 Å². The maximum Gasteiger partial charge on any atom is 0.179 e. The maximum atomic E-state index is 11.4. The summed E-state index contributed by atoms with van der Waals surface area (Å²) in [6.07, 6.45) is 1.63. The summed E-state index contributed by atoms with van der Waals surface area (Å²) in [5, 5.41) is 1.43. The molecule has 0 fully saturated rings. The average molecular weight is 435 g/mol. The Morgan fingerprint density at radius 3 is 2.68 bits per heavy atom. The van der Waals surface area contributed by atoms with Crippen molar-refractivity contribution in [3.63, 3.8) is 0 Å². The van der Waals surface area contributed by atoms with E-state index < -0.39 is 0 Å². The molecule has 3 nitrogen and oxygen atoms in total. The second kappa shape index (κ2) is 8.04. The number of ketones is 1.